The lowest BCUT2D eigenvalue weighted by molar-refractivity contribution is 0.0972. The van der Waals surface area contributed by atoms with E-state index in [1.165, 1.54) is 16.2 Å². The first kappa shape index (κ1) is 17.9. The Morgan fingerprint density at radius 3 is 2.96 bits per heavy atom. The first-order valence-corrected chi connectivity index (χ1v) is 9.53. The number of fused-ring (bicyclic) bond motifs is 1. The summed E-state index contributed by atoms with van der Waals surface area (Å²) in [5.74, 6) is -0.477. The van der Waals surface area contributed by atoms with Gasteiger partial charge in [0.2, 0.25) is 0 Å². The van der Waals surface area contributed by atoms with Crippen molar-refractivity contribution in [2.75, 3.05) is 5.32 Å². The van der Waals surface area contributed by atoms with Crippen LogP contribution in [-0.2, 0) is 19.4 Å². The summed E-state index contributed by atoms with van der Waals surface area (Å²) in [5, 5.41) is 20.2. The van der Waals surface area contributed by atoms with Gasteiger partial charge >= 0.3 is 0 Å². The van der Waals surface area contributed by atoms with Crippen molar-refractivity contribution >= 4 is 51.2 Å². The predicted octanol–water partition coefficient (Wildman–Crippen LogP) is 3.50. The number of carbonyl (C=O) groups excluding carboxylic acids is 1. The molecule has 9 heteroatoms. The zero-order chi connectivity index (χ0) is 18.0. The van der Waals surface area contributed by atoms with E-state index in [1.807, 2.05) is 6.92 Å². The van der Waals surface area contributed by atoms with Crippen molar-refractivity contribution in [1.82, 2.24) is 15.1 Å². The molecule has 2 aromatic rings. The van der Waals surface area contributed by atoms with Crippen LogP contribution >= 0.6 is 35.2 Å². The molecule has 0 unspecified atom stereocenters. The Kier molecular flexibility index (Phi) is 5.37. The number of hydrogen-bond donors (Lipinski definition) is 2. The summed E-state index contributed by atoms with van der Waals surface area (Å²) in [5.41, 5.74) is 1.86. The number of rotatable bonds is 3. The Hall–Kier alpha value is -1.95. The number of aromatic nitrogens is 2. The molecule has 0 saturated carbocycles. The first-order chi connectivity index (χ1) is 12.0. The number of nitrogens with zero attached hydrogens (tertiary/aromatic N) is 3. The number of thiocarbonyl (C=S) groups is 1. The minimum absolute atomic E-state index is 0.124. The minimum atomic E-state index is -0.477. The largest absolute Gasteiger partial charge is 0.323 e. The highest BCUT2D eigenvalue weighted by molar-refractivity contribution is 7.80. The average Bonchev–Trinajstić information content (AvgIpc) is 3.14. The van der Waals surface area contributed by atoms with Gasteiger partial charge in [-0.15, -0.1) is 11.3 Å². The van der Waals surface area contributed by atoms with E-state index in [0.29, 0.717) is 17.1 Å². The smallest absolute Gasteiger partial charge is 0.279 e. The topological polar surface area (TPSA) is 82.7 Å². The maximum absolute atomic E-state index is 12.3. The Morgan fingerprint density at radius 1 is 1.52 bits per heavy atom. The molecule has 0 aliphatic heterocycles. The van der Waals surface area contributed by atoms with Gasteiger partial charge in [0.05, 0.1) is 10.6 Å². The summed E-state index contributed by atoms with van der Waals surface area (Å²) in [6.45, 7) is 2.52. The van der Waals surface area contributed by atoms with Crippen LogP contribution in [0.4, 0.5) is 5.00 Å². The predicted molar refractivity (Wildman–Crippen MR) is 102 cm³/mol. The van der Waals surface area contributed by atoms with Crippen molar-refractivity contribution in [3.8, 4) is 6.07 Å². The van der Waals surface area contributed by atoms with Crippen molar-refractivity contribution in [2.24, 2.45) is 0 Å². The minimum Gasteiger partial charge on any atom is -0.323 e. The van der Waals surface area contributed by atoms with Crippen molar-refractivity contribution in [1.29, 1.82) is 5.26 Å². The molecular formula is C16H16ClN5OS2. The molecule has 3 rings (SSSR count). The Balaban J connectivity index is 1.72. The molecule has 0 radical (unpaired) electrons. The fourth-order valence-corrected chi connectivity index (χ4v) is 4.52. The van der Waals surface area contributed by atoms with E-state index in [2.05, 4.69) is 21.8 Å². The Morgan fingerprint density at radius 2 is 2.28 bits per heavy atom. The second-order valence-electron chi connectivity index (χ2n) is 5.62. The summed E-state index contributed by atoms with van der Waals surface area (Å²) in [7, 11) is 0. The van der Waals surface area contributed by atoms with Crippen molar-refractivity contribution in [3.63, 3.8) is 0 Å². The summed E-state index contributed by atoms with van der Waals surface area (Å²) in [4.78, 5) is 13.5. The molecular weight excluding hydrogens is 378 g/mol. The molecule has 25 heavy (non-hydrogen) atoms. The molecule has 130 valence electrons. The number of nitrogens with one attached hydrogen (secondary N) is 2. The van der Waals surface area contributed by atoms with Gasteiger partial charge < -0.3 is 5.32 Å². The lowest BCUT2D eigenvalue weighted by Gasteiger charge is -2.09. The quantitative estimate of drug-likeness (QED) is 0.780. The average molecular weight is 394 g/mol. The molecule has 0 atom stereocenters. The maximum atomic E-state index is 12.3. The van der Waals surface area contributed by atoms with Gasteiger partial charge in [-0.3, -0.25) is 14.8 Å². The monoisotopic (exact) mass is 393 g/mol. The second-order valence-corrected chi connectivity index (χ2v) is 7.54. The van der Waals surface area contributed by atoms with Gasteiger partial charge in [-0.2, -0.15) is 10.4 Å². The fourth-order valence-electron chi connectivity index (χ4n) is 2.78. The van der Waals surface area contributed by atoms with Crippen LogP contribution in [-0.4, -0.2) is 20.8 Å². The van der Waals surface area contributed by atoms with Gasteiger partial charge in [0.15, 0.2) is 10.8 Å². The van der Waals surface area contributed by atoms with Crippen LogP contribution in [0.15, 0.2) is 6.20 Å². The Labute approximate surface area is 159 Å². The van der Waals surface area contributed by atoms with E-state index in [0.717, 1.165) is 31.2 Å². The van der Waals surface area contributed by atoms with E-state index >= 15 is 0 Å². The number of amides is 1. The van der Waals surface area contributed by atoms with Gasteiger partial charge in [-0.05, 0) is 50.4 Å². The molecule has 0 aromatic carbocycles. The molecule has 0 bridgehead atoms. The van der Waals surface area contributed by atoms with Crippen LogP contribution < -0.4 is 10.6 Å². The maximum Gasteiger partial charge on any atom is 0.279 e. The summed E-state index contributed by atoms with van der Waals surface area (Å²) >= 11 is 12.8. The molecule has 2 heterocycles. The normalized spacial score (nSPS) is 13.0. The van der Waals surface area contributed by atoms with Gasteiger partial charge in [0.1, 0.15) is 11.1 Å². The third-order valence-electron chi connectivity index (χ3n) is 3.99. The van der Waals surface area contributed by atoms with Gasteiger partial charge in [-0.1, -0.05) is 11.6 Å². The SMILES string of the molecule is CCn1cc(Cl)c(C(=O)NC(=S)Nc2sc3c(c2C#N)CCCC3)n1. The third kappa shape index (κ3) is 3.68. The van der Waals surface area contributed by atoms with Gasteiger partial charge in [0.25, 0.3) is 5.91 Å². The number of halogens is 1. The number of thiophene rings is 1. The van der Waals surface area contributed by atoms with E-state index in [-0.39, 0.29) is 15.8 Å². The van der Waals surface area contributed by atoms with E-state index in [1.54, 1.807) is 10.9 Å². The van der Waals surface area contributed by atoms with Crippen molar-refractivity contribution < 1.29 is 4.79 Å². The molecule has 2 N–H and O–H groups in total. The number of carbonyl (C=O) groups is 1. The molecule has 0 saturated heterocycles. The first-order valence-electron chi connectivity index (χ1n) is 7.93. The zero-order valence-corrected chi connectivity index (χ0v) is 15.9. The molecule has 1 aliphatic carbocycles. The highest BCUT2D eigenvalue weighted by Crippen LogP contribution is 2.37. The van der Waals surface area contributed by atoms with Crippen LogP contribution in [0, 0.1) is 11.3 Å². The summed E-state index contributed by atoms with van der Waals surface area (Å²) in [6.07, 6.45) is 5.72. The number of anilines is 1. The third-order valence-corrected chi connectivity index (χ3v) is 5.68. The molecule has 1 amide bonds. The van der Waals surface area contributed by atoms with Crippen LogP contribution in [0.25, 0.3) is 0 Å². The van der Waals surface area contributed by atoms with Crippen LogP contribution in [0.1, 0.15) is 46.3 Å². The number of nitriles is 1. The van der Waals surface area contributed by atoms with Crippen LogP contribution in [0.2, 0.25) is 5.02 Å². The molecule has 2 aromatic heterocycles. The standard InChI is InChI=1S/C16H16ClN5OS2/c1-2-22-8-11(17)13(21-22)14(23)19-16(24)20-15-10(7-18)9-5-3-4-6-12(9)25-15/h8H,2-6H2,1H3,(H2,19,20,23,24). The highest BCUT2D eigenvalue weighted by atomic mass is 35.5. The summed E-state index contributed by atoms with van der Waals surface area (Å²) in [6, 6.07) is 2.25. The van der Waals surface area contributed by atoms with E-state index < -0.39 is 5.91 Å². The highest BCUT2D eigenvalue weighted by Gasteiger charge is 2.22. The second kappa shape index (κ2) is 7.52. The summed E-state index contributed by atoms with van der Waals surface area (Å²) < 4.78 is 1.58. The molecule has 6 nitrogen and oxygen atoms in total. The van der Waals surface area contributed by atoms with Gasteiger partial charge in [-0.25, -0.2) is 0 Å². The molecule has 0 spiro atoms. The van der Waals surface area contributed by atoms with Crippen LogP contribution in [0.3, 0.4) is 0 Å². The number of hydrogen-bond acceptors (Lipinski definition) is 5. The zero-order valence-electron chi connectivity index (χ0n) is 13.6. The van der Waals surface area contributed by atoms with Crippen LogP contribution in [0.5, 0.6) is 0 Å². The lowest BCUT2D eigenvalue weighted by Crippen LogP contribution is -2.34. The van der Waals surface area contributed by atoms with E-state index in [4.69, 9.17) is 23.8 Å². The van der Waals surface area contributed by atoms with Crippen molar-refractivity contribution in [2.45, 2.75) is 39.2 Å². The van der Waals surface area contributed by atoms with Gasteiger partial charge in [0, 0.05) is 17.6 Å². The van der Waals surface area contributed by atoms with Crippen molar-refractivity contribution in [3.05, 3.63) is 32.9 Å². The lowest BCUT2D eigenvalue weighted by atomic mass is 9.96. The molecule has 0 fully saturated rings. The Bertz CT molecular complexity index is 880. The molecule has 1 aliphatic rings. The van der Waals surface area contributed by atoms with E-state index in [9.17, 15) is 10.1 Å². The number of aryl methyl sites for hydroxylation is 2. The fraction of sp³-hybridized carbons (Fsp3) is 0.375.